The van der Waals surface area contributed by atoms with E-state index in [1.54, 1.807) is 36.0 Å². The van der Waals surface area contributed by atoms with Crippen molar-refractivity contribution in [1.82, 2.24) is 4.98 Å². The van der Waals surface area contributed by atoms with Gasteiger partial charge in [-0.1, -0.05) is 25.1 Å². The van der Waals surface area contributed by atoms with E-state index in [0.29, 0.717) is 10.4 Å². The molecule has 0 aliphatic carbocycles. The Bertz CT molecular complexity index is 936. The quantitative estimate of drug-likeness (QED) is 0.444. The maximum absolute atomic E-state index is 14.1. The van der Waals surface area contributed by atoms with Gasteiger partial charge in [-0.15, -0.1) is 24.4 Å². The van der Waals surface area contributed by atoms with E-state index in [-0.39, 0.29) is 17.3 Å². The van der Waals surface area contributed by atoms with E-state index in [0.717, 1.165) is 21.5 Å². The minimum atomic E-state index is -1.00. The number of fused-ring (bicyclic) bond motifs is 1. The Balaban J connectivity index is 2.12. The molecular weight excluding hydrogens is 345 g/mol. The van der Waals surface area contributed by atoms with Crippen LogP contribution in [0.2, 0.25) is 0 Å². The number of hydrogen-bond acceptors (Lipinski definition) is 3. The third kappa shape index (κ3) is 2.80. The molecule has 0 amide bonds. The molecule has 0 aliphatic heterocycles. The molecule has 1 atom stereocenters. The zero-order chi connectivity index (χ0) is 17.4. The Labute approximate surface area is 148 Å². The average molecular weight is 361 g/mol. The van der Waals surface area contributed by atoms with Gasteiger partial charge in [-0.25, -0.2) is 9.18 Å². The van der Waals surface area contributed by atoms with Crippen molar-refractivity contribution in [1.29, 1.82) is 0 Å². The Morgan fingerprint density at radius 3 is 2.71 bits per heavy atom. The number of aromatic carboxylic acids is 1. The van der Waals surface area contributed by atoms with Crippen LogP contribution in [-0.4, -0.2) is 22.3 Å². The van der Waals surface area contributed by atoms with Gasteiger partial charge in [0.15, 0.2) is 0 Å². The number of thioether (sulfide) groups is 1. The highest BCUT2D eigenvalue weighted by Gasteiger charge is 2.20. The number of aromatic nitrogens is 1. The van der Waals surface area contributed by atoms with Crippen molar-refractivity contribution in [2.75, 3.05) is 6.26 Å². The molecule has 3 rings (SSSR count). The van der Waals surface area contributed by atoms with Crippen LogP contribution < -0.4 is 0 Å². The minimum absolute atomic E-state index is 0.0482. The van der Waals surface area contributed by atoms with Crippen molar-refractivity contribution in [2.24, 2.45) is 0 Å². The topological polar surface area (TPSA) is 53.1 Å². The number of nitrogens with one attached hydrogen (secondary N) is 1. The molecule has 0 fully saturated rings. The second-order valence-corrected chi connectivity index (χ2v) is 6.84. The minimum Gasteiger partial charge on any atom is -0.478 e. The van der Waals surface area contributed by atoms with E-state index in [1.165, 1.54) is 6.07 Å². The number of benzene rings is 2. The highest BCUT2D eigenvalue weighted by molar-refractivity contribution is 7.98. The average Bonchev–Trinajstić information content (AvgIpc) is 2.93. The van der Waals surface area contributed by atoms with E-state index in [2.05, 4.69) is 17.6 Å². The van der Waals surface area contributed by atoms with Crippen LogP contribution >= 0.6 is 24.4 Å². The van der Waals surface area contributed by atoms with Gasteiger partial charge in [0.25, 0.3) is 0 Å². The maximum Gasteiger partial charge on any atom is 0.336 e. The summed E-state index contributed by atoms with van der Waals surface area (Å²) in [6, 6.07) is 10.1. The van der Waals surface area contributed by atoms with Gasteiger partial charge in [-0.3, -0.25) is 0 Å². The maximum atomic E-state index is 14.1. The molecule has 124 valence electrons. The van der Waals surface area contributed by atoms with Crippen molar-refractivity contribution < 1.29 is 14.3 Å². The van der Waals surface area contributed by atoms with Gasteiger partial charge in [-0.2, -0.15) is 0 Å². The summed E-state index contributed by atoms with van der Waals surface area (Å²) in [5, 5.41) is 9.98. The van der Waals surface area contributed by atoms with Gasteiger partial charge in [0.1, 0.15) is 5.82 Å². The van der Waals surface area contributed by atoms with Gasteiger partial charge in [0, 0.05) is 26.8 Å². The Hall–Kier alpha value is -1.92. The van der Waals surface area contributed by atoms with Crippen LogP contribution in [0.15, 0.2) is 46.2 Å². The number of hydrogen-bond donors (Lipinski definition) is 3. The van der Waals surface area contributed by atoms with Crippen molar-refractivity contribution in [3.63, 3.8) is 0 Å². The van der Waals surface area contributed by atoms with E-state index >= 15 is 0 Å². The number of aromatic amines is 1. The van der Waals surface area contributed by atoms with Crippen molar-refractivity contribution in [3.05, 3.63) is 59.0 Å². The number of carboxylic acid groups (broad SMARTS) is 1. The third-order valence-corrected chi connectivity index (χ3v) is 5.37. The highest BCUT2D eigenvalue weighted by Crippen LogP contribution is 2.38. The van der Waals surface area contributed by atoms with Gasteiger partial charge < -0.3 is 10.1 Å². The predicted molar refractivity (Wildman–Crippen MR) is 98.2 cm³/mol. The zero-order valence-electron chi connectivity index (χ0n) is 13.1. The fourth-order valence-electron chi connectivity index (χ4n) is 2.87. The molecule has 2 aromatic carbocycles. The third-order valence-electron chi connectivity index (χ3n) is 4.15. The first kappa shape index (κ1) is 16.9. The van der Waals surface area contributed by atoms with E-state index in [9.17, 15) is 9.18 Å². The molecule has 24 heavy (non-hydrogen) atoms. The van der Waals surface area contributed by atoms with Crippen LogP contribution in [0.4, 0.5) is 4.39 Å². The molecule has 3 nitrogen and oxygen atoms in total. The van der Waals surface area contributed by atoms with Crippen LogP contribution in [0.25, 0.3) is 10.9 Å². The lowest BCUT2D eigenvalue weighted by Gasteiger charge is -2.14. The normalized spacial score (nSPS) is 12.5. The SMILES string of the molecule is CSc1c(C(C)c2ccc(C(=O)O)c(S)c2)[nH]c2c(F)cccc12. The lowest BCUT2D eigenvalue weighted by Crippen LogP contribution is -2.02. The summed E-state index contributed by atoms with van der Waals surface area (Å²) < 4.78 is 14.1. The first-order chi connectivity index (χ1) is 11.4. The molecule has 1 heterocycles. The molecule has 1 aromatic heterocycles. The van der Waals surface area contributed by atoms with Crippen LogP contribution in [-0.2, 0) is 0 Å². The fourth-order valence-corrected chi connectivity index (χ4v) is 4.02. The second-order valence-electron chi connectivity index (χ2n) is 5.54. The van der Waals surface area contributed by atoms with Gasteiger partial charge in [-0.05, 0) is 30.0 Å². The van der Waals surface area contributed by atoms with Crippen molar-refractivity contribution in [3.8, 4) is 0 Å². The van der Waals surface area contributed by atoms with E-state index < -0.39 is 5.97 Å². The molecule has 1 unspecified atom stereocenters. The molecule has 0 saturated carbocycles. The summed E-state index contributed by atoms with van der Waals surface area (Å²) in [4.78, 5) is 15.7. The number of H-pyrrole nitrogens is 1. The molecule has 3 aromatic rings. The Morgan fingerprint density at radius 1 is 1.33 bits per heavy atom. The fraction of sp³-hybridized carbons (Fsp3) is 0.167. The van der Waals surface area contributed by atoms with Crippen LogP contribution in [0.5, 0.6) is 0 Å². The first-order valence-electron chi connectivity index (χ1n) is 7.34. The molecule has 0 saturated heterocycles. The predicted octanol–water partition coefficient (Wildman–Crippen LogP) is 5.17. The first-order valence-corrected chi connectivity index (χ1v) is 9.01. The summed E-state index contributed by atoms with van der Waals surface area (Å²) in [5.74, 6) is -1.33. The van der Waals surface area contributed by atoms with Crippen molar-refractivity contribution in [2.45, 2.75) is 22.6 Å². The standard InChI is InChI=1S/C18H16FNO2S2/c1-9(10-6-7-11(18(21)22)14(23)8-10)15-17(24-2)12-4-3-5-13(19)16(12)20-15/h3-9,20,23H,1-2H3,(H,21,22). The Morgan fingerprint density at radius 2 is 2.08 bits per heavy atom. The number of thiol groups is 1. The smallest absolute Gasteiger partial charge is 0.336 e. The van der Waals surface area contributed by atoms with E-state index in [1.807, 2.05) is 19.2 Å². The number of para-hydroxylation sites is 1. The lowest BCUT2D eigenvalue weighted by atomic mass is 9.96. The molecule has 0 aliphatic rings. The van der Waals surface area contributed by atoms with Crippen LogP contribution in [0.1, 0.15) is 34.5 Å². The van der Waals surface area contributed by atoms with Crippen LogP contribution in [0, 0.1) is 5.82 Å². The molecule has 0 bridgehead atoms. The van der Waals surface area contributed by atoms with E-state index in [4.69, 9.17) is 5.11 Å². The molecule has 0 spiro atoms. The van der Waals surface area contributed by atoms with Gasteiger partial charge in [0.05, 0.1) is 11.1 Å². The molecule has 6 heteroatoms. The summed E-state index contributed by atoms with van der Waals surface area (Å²) in [7, 11) is 0. The number of rotatable bonds is 4. The molecule has 2 N–H and O–H groups in total. The summed E-state index contributed by atoms with van der Waals surface area (Å²) in [5.41, 5.74) is 2.50. The monoisotopic (exact) mass is 361 g/mol. The second kappa shape index (κ2) is 6.53. The zero-order valence-corrected chi connectivity index (χ0v) is 14.8. The van der Waals surface area contributed by atoms with Crippen molar-refractivity contribution >= 4 is 41.3 Å². The summed E-state index contributed by atoms with van der Waals surface area (Å²) in [6.45, 7) is 2.01. The Kier molecular flexibility index (Phi) is 4.60. The van der Waals surface area contributed by atoms with Gasteiger partial charge in [0.2, 0.25) is 0 Å². The van der Waals surface area contributed by atoms with Gasteiger partial charge >= 0.3 is 5.97 Å². The summed E-state index contributed by atoms with van der Waals surface area (Å²) in [6.07, 6.45) is 1.96. The number of carbonyl (C=O) groups is 1. The number of halogens is 1. The summed E-state index contributed by atoms with van der Waals surface area (Å²) >= 11 is 5.84. The number of carboxylic acids is 1. The lowest BCUT2D eigenvalue weighted by molar-refractivity contribution is 0.0693. The highest BCUT2D eigenvalue weighted by atomic mass is 32.2. The molecule has 0 radical (unpaired) electrons. The van der Waals surface area contributed by atoms with Crippen LogP contribution in [0.3, 0.4) is 0 Å². The molecular formula is C18H16FNO2S2. The largest absolute Gasteiger partial charge is 0.478 e.